The van der Waals surface area contributed by atoms with Crippen molar-refractivity contribution in [2.75, 3.05) is 31.1 Å². The molecule has 1 unspecified atom stereocenters. The molecule has 2 heterocycles. The normalized spacial score (nSPS) is 21.5. The average Bonchev–Trinajstić information content (AvgIpc) is 2.63. The van der Waals surface area contributed by atoms with Gasteiger partial charge in [-0.05, 0) is 37.1 Å². The van der Waals surface area contributed by atoms with Crippen molar-refractivity contribution < 1.29 is 9.59 Å². The molecule has 0 saturated carbocycles. The molecule has 2 fully saturated rings. The molecule has 0 bridgehead atoms. The van der Waals surface area contributed by atoms with Gasteiger partial charge in [0, 0.05) is 60.1 Å². The largest absolute Gasteiger partial charge is 0.343 e. The van der Waals surface area contributed by atoms with Gasteiger partial charge < -0.3 is 10.2 Å². The van der Waals surface area contributed by atoms with E-state index in [9.17, 15) is 9.59 Å². The molecule has 0 aliphatic carbocycles. The van der Waals surface area contributed by atoms with Crippen molar-refractivity contribution >= 4 is 47.5 Å². The summed E-state index contributed by atoms with van der Waals surface area (Å²) in [4.78, 5) is 26.9. The number of carbonyl (C=O) groups excluding carboxylic acids is 2. The molecule has 25 heavy (non-hydrogen) atoms. The van der Waals surface area contributed by atoms with Crippen LogP contribution in [0.2, 0.25) is 5.02 Å². The maximum absolute atomic E-state index is 12.5. The van der Waals surface area contributed by atoms with Crippen molar-refractivity contribution in [1.29, 1.82) is 0 Å². The Bertz CT molecular complexity index is 583. The fourth-order valence-electron chi connectivity index (χ4n) is 3.33. The number of ketones is 1. The standard InChI is InChI=1S/C18H23ClN2O2S.ClH/c19-15-3-1-13(2-4-15)18(23)14-5-8-21(9-6-14)17(22)11-16-12-24-10-7-20-16;/h1-4,14,16,20H,5-12H2;1H. The first-order valence-corrected chi connectivity index (χ1v) is 10.1. The van der Waals surface area contributed by atoms with E-state index in [1.54, 1.807) is 24.3 Å². The zero-order chi connectivity index (χ0) is 16.9. The highest BCUT2D eigenvalue weighted by Crippen LogP contribution is 2.23. The summed E-state index contributed by atoms with van der Waals surface area (Å²) in [6, 6.07) is 7.37. The van der Waals surface area contributed by atoms with E-state index in [0.717, 1.165) is 30.9 Å². The molecule has 2 saturated heterocycles. The molecule has 7 heteroatoms. The van der Waals surface area contributed by atoms with Crippen LogP contribution in [-0.2, 0) is 4.79 Å². The Morgan fingerprint density at radius 3 is 2.48 bits per heavy atom. The number of piperidine rings is 1. The van der Waals surface area contributed by atoms with Gasteiger partial charge in [-0.1, -0.05) is 11.6 Å². The highest BCUT2D eigenvalue weighted by molar-refractivity contribution is 7.99. The molecule has 1 aromatic rings. The van der Waals surface area contributed by atoms with E-state index < -0.39 is 0 Å². The Hall–Kier alpha value is -0.750. The zero-order valence-corrected chi connectivity index (χ0v) is 16.5. The lowest BCUT2D eigenvalue weighted by molar-refractivity contribution is -0.132. The van der Waals surface area contributed by atoms with Gasteiger partial charge in [0.2, 0.25) is 5.91 Å². The van der Waals surface area contributed by atoms with E-state index in [1.807, 2.05) is 16.7 Å². The van der Waals surface area contributed by atoms with Crippen molar-refractivity contribution in [2.45, 2.75) is 25.3 Å². The fourth-order valence-corrected chi connectivity index (χ4v) is 4.41. The number of halogens is 2. The van der Waals surface area contributed by atoms with E-state index in [0.29, 0.717) is 36.1 Å². The molecule has 0 radical (unpaired) electrons. The number of likely N-dealkylation sites (tertiary alicyclic amines) is 1. The molecular formula is C18H24Cl2N2O2S. The molecule has 0 aromatic heterocycles. The number of rotatable bonds is 4. The Kier molecular flexibility index (Phi) is 8.07. The number of Topliss-reactive ketones (excluding diaryl/α,β-unsaturated/α-hetero) is 1. The second-order valence-corrected chi connectivity index (χ2v) is 8.04. The SMILES string of the molecule is Cl.O=C(c1ccc(Cl)cc1)C1CCN(C(=O)CC2CSCCN2)CC1. The molecule has 1 N–H and O–H groups in total. The van der Waals surface area contributed by atoms with Crippen LogP contribution in [0.1, 0.15) is 29.6 Å². The third kappa shape index (κ3) is 5.61. The van der Waals surface area contributed by atoms with Crippen LogP contribution < -0.4 is 5.32 Å². The summed E-state index contributed by atoms with van der Waals surface area (Å²) in [7, 11) is 0. The molecule has 1 amide bonds. The number of nitrogens with zero attached hydrogens (tertiary/aromatic N) is 1. The van der Waals surface area contributed by atoms with Gasteiger partial charge in [-0.15, -0.1) is 12.4 Å². The van der Waals surface area contributed by atoms with E-state index in [1.165, 1.54) is 0 Å². The third-order valence-corrected chi connectivity index (χ3v) is 6.15. The summed E-state index contributed by atoms with van der Waals surface area (Å²) >= 11 is 7.78. The Balaban J connectivity index is 0.00000225. The first kappa shape index (κ1) is 20.6. The topological polar surface area (TPSA) is 49.4 Å². The zero-order valence-electron chi connectivity index (χ0n) is 14.1. The number of nitrogens with one attached hydrogen (secondary N) is 1. The minimum Gasteiger partial charge on any atom is -0.343 e. The molecule has 3 rings (SSSR count). The van der Waals surface area contributed by atoms with Gasteiger partial charge in [0.15, 0.2) is 5.78 Å². The summed E-state index contributed by atoms with van der Waals surface area (Å²) in [5.41, 5.74) is 0.715. The van der Waals surface area contributed by atoms with Crippen LogP contribution >= 0.6 is 35.8 Å². The summed E-state index contributed by atoms with van der Waals surface area (Å²) in [6.07, 6.45) is 2.07. The molecule has 0 spiro atoms. The minimum absolute atomic E-state index is 0. The van der Waals surface area contributed by atoms with Crippen LogP contribution in [0.3, 0.4) is 0 Å². The second kappa shape index (κ2) is 9.81. The maximum atomic E-state index is 12.5. The number of benzene rings is 1. The van der Waals surface area contributed by atoms with Crippen molar-refractivity contribution in [3.63, 3.8) is 0 Å². The molecule has 1 atom stereocenters. The molecular weight excluding hydrogens is 379 g/mol. The van der Waals surface area contributed by atoms with E-state index in [2.05, 4.69) is 5.32 Å². The monoisotopic (exact) mass is 402 g/mol. The number of hydrogen-bond donors (Lipinski definition) is 1. The Morgan fingerprint density at radius 1 is 1.20 bits per heavy atom. The quantitative estimate of drug-likeness (QED) is 0.784. The summed E-state index contributed by atoms with van der Waals surface area (Å²) < 4.78 is 0. The summed E-state index contributed by atoms with van der Waals surface area (Å²) in [5, 5.41) is 4.05. The van der Waals surface area contributed by atoms with Gasteiger partial charge in [0.05, 0.1) is 0 Å². The van der Waals surface area contributed by atoms with Crippen LogP contribution in [0.4, 0.5) is 0 Å². The summed E-state index contributed by atoms with van der Waals surface area (Å²) in [6.45, 7) is 2.35. The van der Waals surface area contributed by atoms with Crippen molar-refractivity contribution in [3.05, 3.63) is 34.9 Å². The molecule has 2 aliphatic rings. The highest BCUT2D eigenvalue weighted by atomic mass is 35.5. The van der Waals surface area contributed by atoms with Crippen LogP contribution in [0, 0.1) is 5.92 Å². The molecule has 4 nitrogen and oxygen atoms in total. The smallest absolute Gasteiger partial charge is 0.224 e. The van der Waals surface area contributed by atoms with E-state index in [-0.39, 0.29) is 30.0 Å². The van der Waals surface area contributed by atoms with Crippen LogP contribution in [0.5, 0.6) is 0 Å². The van der Waals surface area contributed by atoms with Crippen molar-refractivity contribution in [1.82, 2.24) is 10.2 Å². The minimum atomic E-state index is 0. The van der Waals surface area contributed by atoms with Crippen LogP contribution in [0.15, 0.2) is 24.3 Å². The average molecular weight is 403 g/mol. The molecule has 2 aliphatic heterocycles. The lowest BCUT2D eigenvalue weighted by Crippen LogP contribution is -2.45. The lowest BCUT2D eigenvalue weighted by atomic mass is 9.88. The van der Waals surface area contributed by atoms with Gasteiger partial charge in [0.1, 0.15) is 0 Å². The first-order valence-electron chi connectivity index (χ1n) is 8.52. The predicted octanol–water partition coefficient (Wildman–Crippen LogP) is 3.28. The highest BCUT2D eigenvalue weighted by Gasteiger charge is 2.29. The van der Waals surface area contributed by atoms with Gasteiger partial charge in [-0.3, -0.25) is 9.59 Å². The van der Waals surface area contributed by atoms with Gasteiger partial charge in [-0.2, -0.15) is 11.8 Å². The molecule has 138 valence electrons. The number of amides is 1. The second-order valence-electron chi connectivity index (χ2n) is 6.46. The van der Waals surface area contributed by atoms with E-state index in [4.69, 9.17) is 11.6 Å². The third-order valence-electron chi connectivity index (χ3n) is 4.77. The predicted molar refractivity (Wildman–Crippen MR) is 106 cm³/mol. The van der Waals surface area contributed by atoms with Gasteiger partial charge in [-0.25, -0.2) is 0 Å². The van der Waals surface area contributed by atoms with Crippen LogP contribution in [0.25, 0.3) is 0 Å². The first-order chi connectivity index (χ1) is 11.6. The number of thioether (sulfide) groups is 1. The fraction of sp³-hybridized carbons (Fsp3) is 0.556. The Labute approximate surface area is 164 Å². The number of carbonyl (C=O) groups is 2. The Morgan fingerprint density at radius 2 is 1.88 bits per heavy atom. The van der Waals surface area contributed by atoms with Crippen LogP contribution in [-0.4, -0.2) is 53.8 Å². The number of hydrogen-bond acceptors (Lipinski definition) is 4. The van der Waals surface area contributed by atoms with Crippen molar-refractivity contribution in [3.8, 4) is 0 Å². The molecule has 1 aromatic carbocycles. The summed E-state index contributed by atoms with van der Waals surface area (Å²) in [5.74, 6) is 2.54. The van der Waals surface area contributed by atoms with Gasteiger partial charge in [0.25, 0.3) is 0 Å². The maximum Gasteiger partial charge on any atom is 0.224 e. The van der Waals surface area contributed by atoms with E-state index >= 15 is 0 Å². The van der Waals surface area contributed by atoms with Gasteiger partial charge >= 0.3 is 0 Å². The lowest BCUT2D eigenvalue weighted by Gasteiger charge is -2.33. The van der Waals surface area contributed by atoms with Crippen molar-refractivity contribution in [2.24, 2.45) is 5.92 Å².